The van der Waals surface area contributed by atoms with Gasteiger partial charge in [-0.3, -0.25) is 18.6 Å². The molecule has 1 saturated carbocycles. The molecule has 0 spiro atoms. The normalized spacial score (nSPS) is 23.2. The number of phosphoric acid groups is 1. The summed E-state index contributed by atoms with van der Waals surface area (Å²) in [5, 5.41) is 60.0. The molecule has 0 heterocycles. The predicted octanol–water partition coefficient (Wildman–Crippen LogP) is 7.47. The first kappa shape index (κ1) is 57.0. The van der Waals surface area contributed by atoms with Crippen LogP contribution in [-0.2, 0) is 32.7 Å². The second-order valence-electron chi connectivity index (χ2n) is 15.4. The van der Waals surface area contributed by atoms with Crippen LogP contribution >= 0.6 is 7.82 Å². The Morgan fingerprint density at radius 3 is 1.65 bits per heavy atom. The molecule has 14 nitrogen and oxygen atoms in total. The van der Waals surface area contributed by atoms with Crippen LogP contribution in [-0.4, -0.2) is 110 Å². The highest BCUT2D eigenvalue weighted by Gasteiger charge is 2.51. The van der Waals surface area contributed by atoms with E-state index in [1.165, 1.54) is 19.3 Å². The van der Waals surface area contributed by atoms with Crippen LogP contribution in [0, 0.1) is 0 Å². The first-order valence-corrected chi connectivity index (χ1v) is 24.0. The van der Waals surface area contributed by atoms with Gasteiger partial charge in [0.25, 0.3) is 0 Å². The fourth-order valence-corrected chi connectivity index (χ4v) is 7.07. The number of hydrogen-bond donors (Lipinski definition) is 7. The number of aliphatic hydroxyl groups is 6. The van der Waals surface area contributed by atoms with Crippen LogP contribution < -0.4 is 0 Å². The fourth-order valence-electron chi connectivity index (χ4n) is 6.10. The van der Waals surface area contributed by atoms with Crippen LogP contribution in [0.3, 0.4) is 0 Å². The number of carbonyl (C=O) groups is 2. The molecule has 0 aromatic heterocycles. The minimum atomic E-state index is -5.16. The van der Waals surface area contributed by atoms with Gasteiger partial charge in [-0.2, -0.15) is 0 Å². The van der Waals surface area contributed by atoms with Gasteiger partial charge in [-0.1, -0.05) is 131 Å². The molecule has 0 radical (unpaired) electrons. The van der Waals surface area contributed by atoms with Crippen molar-refractivity contribution in [2.75, 3.05) is 13.2 Å². The van der Waals surface area contributed by atoms with Gasteiger partial charge in [0.05, 0.1) is 12.7 Å². The topological polar surface area (TPSA) is 230 Å². The number of rotatable bonds is 35. The summed E-state index contributed by atoms with van der Waals surface area (Å²) >= 11 is 0. The zero-order valence-corrected chi connectivity index (χ0v) is 37.9. The van der Waals surface area contributed by atoms with E-state index in [1.54, 1.807) is 6.08 Å². The van der Waals surface area contributed by atoms with E-state index in [0.717, 1.165) is 64.2 Å². The van der Waals surface area contributed by atoms with E-state index in [9.17, 15) is 49.7 Å². The molecule has 9 atom stereocenters. The van der Waals surface area contributed by atoms with Crippen molar-refractivity contribution in [3.63, 3.8) is 0 Å². The third kappa shape index (κ3) is 28.6. The quantitative estimate of drug-likeness (QED) is 0.0108. The van der Waals surface area contributed by atoms with Gasteiger partial charge in [0.1, 0.15) is 43.2 Å². The lowest BCUT2D eigenvalue weighted by molar-refractivity contribution is -0.220. The Hall–Kier alpha value is -3.01. The molecule has 1 aliphatic rings. The maximum Gasteiger partial charge on any atom is 0.472 e. The molecule has 0 aromatic rings. The first-order valence-electron chi connectivity index (χ1n) is 22.5. The SMILES string of the molecule is CCCCC/C=C\C/C=C\C/C=C\CCCCC(=O)OC[C@H](COP(=O)(O)OC1[C@H](O)[C@H](O)C(O)[C@H](O)[C@H]1O)OC(=O)CCC/C=C\C/C=C\C/C=C\C=C\[C@@H](O)CCCCC. The molecular weight excluding hydrogens is 819 g/mol. The van der Waals surface area contributed by atoms with Gasteiger partial charge in [-0.05, 0) is 77.0 Å². The molecule has 0 saturated heterocycles. The Morgan fingerprint density at radius 1 is 0.581 bits per heavy atom. The molecule has 354 valence electrons. The number of esters is 2. The molecule has 62 heavy (non-hydrogen) atoms. The second kappa shape index (κ2) is 36.3. The molecule has 0 amide bonds. The molecule has 7 N–H and O–H groups in total. The summed E-state index contributed by atoms with van der Waals surface area (Å²) in [7, 11) is -5.16. The molecule has 1 aliphatic carbocycles. The number of carbonyl (C=O) groups excluding carboxylic acids is 2. The Morgan fingerprint density at radius 2 is 1.06 bits per heavy atom. The standard InChI is InChI=1S/C47H77O14P/c1-3-5-7-8-9-10-11-12-13-14-17-20-23-26-30-34-40(49)58-36-39(37-59-62(56,57)61-47-45(54)43(52)42(51)44(53)46(47)55)60-41(50)35-31-27-24-21-18-15-16-19-22-25-29-33-38(48)32-28-6-4-2/h9-10,12-13,15-17,20-22,24-25,29,33,38-39,42-48,51-55H,3-8,11,14,18-19,23,26-28,30-32,34-37H2,1-2H3,(H,56,57)/b10-9-,13-12-,16-15-,20-17-,24-21-,25-22-,33-29+/t38-,39+,42?,43-,44+,45+,46+,47?/m0/s1. The lowest BCUT2D eigenvalue weighted by atomic mass is 9.85. The highest BCUT2D eigenvalue weighted by Crippen LogP contribution is 2.47. The van der Waals surface area contributed by atoms with E-state index in [0.29, 0.717) is 25.7 Å². The van der Waals surface area contributed by atoms with Crippen molar-refractivity contribution < 1.29 is 68.2 Å². The van der Waals surface area contributed by atoms with Gasteiger partial charge in [0.2, 0.25) is 0 Å². The monoisotopic (exact) mass is 897 g/mol. The number of aliphatic hydroxyl groups excluding tert-OH is 6. The van der Waals surface area contributed by atoms with Crippen LogP contribution in [0.2, 0.25) is 0 Å². The maximum atomic E-state index is 12.8. The van der Waals surface area contributed by atoms with Crippen molar-refractivity contribution in [2.45, 2.75) is 185 Å². The van der Waals surface area contributed by atoms with Crippen molar-refractivity contribution >= 4 is 19.8 Å². The number of phosphoric ester groups is 1. The fraction of sp³-hybridized carbons (Fsp3) is 0.660. The van der Waals surface area contributed by atoms with Crippen LogP contribution in [0.15, 0.2) is 85.1 Å². The lowest BCUT2D eigenvalue weighted by Gasteiger charge is -2.41. The number of ether oxygens (including phenoxy) is 2. The van der Waals surface area contributed by atoms with Gasteiger partial charge in [-0.15, -0.1) is 0 Å². The highest BCUT2D eigenvalue weighted by molar-refractivity contribution is 7.47. The van der Waals surface area contributed by atoms with Gasteiger partial charge in [0.15, 0.2) is 6.10 Å². The minimum Gasteiger partial charge on any atom is -0.462 e. The van der Waals surface area contributed by atoms with Crippen molar-refractivity contribution in [1.82, 2.24) is 0 Å². The van der Waals surface area contributed by atoms with Crippen molar-refractivity contribution in [3.05, 3.63) is 85.1 Å². The summed E-state index contributed by atoms with van der Waals surface area (Å²) in [6.07, 6.45) is 29.7. The second-order valence-corrected chi connectivity index (χ2v) is 16.8. The molecule has 1 fully saturated rings. The number of unbranched alkanes of at least 4 members (excludes halogenated alkanes) is 8. The zero-order chi connectivity index (χ0) is 45.9. The van der Waals surface area contributed by atoms with E-state index in [4.69, 9.17) is 18.5 Å². The molecule has 1 rings (SSSR count). The summed E-state index contributed by atoms with van der Waals surface area (Å²) in [5.74, 6) is -1.25. The van der Waals surface area contributed by atoms with Crippen LogP contribution in [0.4, 0.5) is 0 Å². The Balaban J connectivity index is 2.58. The van der Waals surface area contributed by atoms with Gasteiger partial charge in [-0.25, -0.2) is 4.57 Å². The Kier molecular flexibility index (Phi) is 33.4. The van der Waals surface area contributed by atoms with Crippen molar-refractivity contribution in [3.8, 4) is 0 Å². The first-order chi connectivity index (χ1) is 29.8. The van der Waals surface area contributed by atoms with Crippen LogP contribution in [0.25, 0.3) is 0 Å². The highest BCUT2D eigenvalue weighted by atomic mass is 31.2. The van der Waals surface area contributed by atoms with E-state index in [-0.39, 0.29) is 12.8 Å². The summed E-state index contributed by atoms with van der Waals surface area (Å²) in [4.78, 5) is 35.6. The number of hydrogen-bond acceptors (Lipinski definition) is 13. The van der Waals surface area contributed by atoms with Crippen LogP contribution in [0.5, 0.6) is 0 Å². The molecule has 15 heteroatoms. The molecule has 0 bridgehead atoms. The molecule has 3 unspecified atom stereocenters. The molecular formula is C47H77O14P. The summed E-state index contributed by atoms with van der Waals surface area (Å²) in [6.45, 7) is 3.04. The summed E-state index contributed by atoms with van der Waals surface area (Å²) in [5.41, 5.74) is 0. The van der Waals surface area contributed by atoms with Crippen molar-refractivity contribution in [2.24, 2.45) is 0 Å². The van der Waals surface area contributed by atoms with E-state index >= 15 is 0 Å². The molecule has 0 aromatic carbocycles. The largest absolute Gasteiger partial charge is 0.472 e. The van der Waals surface area contributed by atoms with E-state index < -0.39 is 81.8 Å². The van der Waals surface area contributed by atoms with Gasteiger partial charge in [0, 0.05) is 12.8 Å². The lowest BCUT2D eigenvalue weighted by Crippen LogP contribution is -2.64. The van der Waals surface area contributed by atoms with E-state index in [2.05, 4.69) is 50.3 Å². The number of allylic oxidation sites excluding steroid dienone is 13. The minimum absolute atomic E-state index is 0.0123. The van der Waals surface area contributed by atoms with E-state index in [1.807, 2.05) is 42.5 Å². The smallest absolute Gasteiger partial charge is 0.462 e. The third-order valence-corrected chi connectivity index (χ3v) is 10.8. The zero-order valence-electron chi connectivity index (χ0n) is 37.0. The summed E-state index contributed by atoms with van der Waals surface area (Å²) < 4.78 is 33.4. The molecule has 0 aliphatic heterocycles. The van der Waals surface area contributed by atoms with Crippen LogP contribution in [0.1, 0.15) is 136 Å². The van der Waals surface area contributed by atoms with Crippen molar-refractivity contribution in [1.29, 1.82) is 0 Å². The Labute approximate surface area is 370 Å². The average Bonchev–Trinajstić information content (AvgIpc) is 3.25. The van der Waals surface area contributed by atoms with Gasteiger partial charge < -0.3 is 45.0 Å². The Bertz CT molecular complexity index is 1420. The van der Waals surface area contributed by atoms with Gasteiger partial charge >= 0.3 is 19.8 Å². The maximum absolute atomic E-state index is 12.8. The summed E-state index contributed by atoms with van der Waals surface area (Å²) in [6, 6.07) is 0. The predicted molar refractivity (Wildman–Crippen MR) is 241 cm³/mol. The third-order valence-electron chi connectivity index (χ3n) is 9.81. The average molecular weight is 897 g/mol.